The number of carbonyl (C=O) groups is 1. The predicted octanol–water partition coefficient (Wildman–Crippen LogP) is 4.10. The summed E-state index contributed by atoms with van der Waals surface area (Å²) in [5, 5.41) is 12.5. The molecule has 0 saturated carbocycles. The molecule has 0 atom stereocenters. The first kappa shape index (κ1) is 27.5. The van der Waals surface area contributed by atoms with Crippen LogP contribution in [0.1, 0.15) is 15.9 Å². The second-order valence-electron chi connectivity index (χ2n) is 8.41. The third-order valence-corrected chi connectivity index (χ3v) is 5.43. The number of benzene rings is 3. The summed E-state index contributed by atoms with van der Waals surface area (Å²) in [6, 6.07) is 28.9. The van der Waals surface area contributed by atoms with Gasteiger partial charge in [0.1, 0.15) is 0 Å². The third kappa shape index (κ3) is 10.0. The lowest BCUT2D eigenvalue weighted by Gasteiger charge is -2.12. The van der Waals surface area contributed by atoms with E-state index in [9.17, 15) is 4.79 Å². The van der Waals surface area contributed by atoms with Gasteiger partial charge in [-0.15, -0.1) is 0 Å². The van der Waals surface area contributed by atoms with Gasteiger partial charge in [0.25, 0.3) is 5.91 Å². The SMILES string of the molecule is O=C(NCCOCCOCCNc1nc(NCc2ccccc2)nc(Nc2ccccc2)n1)c1ccccc1. The van der Waals surface area contributed by atoms with Crippen LogP contribution in [0.15, 0.2) is 91.0 Å². The summed E-state index contributed by atoms with van der Waals surface area (Å²) >= 11 is 0. The molecule has 1 heterocycles. The number of nitrogens with one attached hydrogen (secondary N) is 4. The maximum atomic E-state index is 12.0. The number of hydrogen-bond donors (Lipinski definition) is 4. The van der Waals surface area contributed by atoms with Crippen LogP contribution < -0.4 is 21.3 Å². The Morgan fingerprint density at radius 2 is 1.18 bits per heavy atom. The number of carbonyl (C=O) groups excluding carboxylic acids is 1. The highest BCUT2D eigenvalue weighted by Gasteiger charge is 2.08. The molecule has 1 amide bonds. The van der Waals surface area contributed by atoms with Gasteiger partial charge in [0, 0.05) is 30.9 Å². The molecule has 0 fully saturated rings. The molecule has 0 aliphatic heterocycles. The van der Waals surface area contributed by atoms with E-state index in [0.29, 0.717) is 69.5 Å². The zero-order chi connectivity index (χ0) is 27.0. The summed E-state index contributed by atoms with van der Waals surface area (Å²) in [6.07, 6.45) is 0. The Hall–Kier alpha value is -4.54. The van der Waals surface area contributed by atoms with Gasteiger partial charge in [-0.2, -0.15) is 15.0 Å². The molecule has 39 heavy (non-hydrogen) atoms. The molecule has 202 valence electrons. The van der Waals surface area contributed by atoms with Crippen molar-refractivity contribution in [3.8, 4) is 0 Å². The third-order valence-electron chi connectivity index (χ3n) is 5.43. The molecule has 10 nitrogen and oxygen atoms in total. The number of hydrogen-bond acceptors (Lipinski definition) is 9. The van der Waals surface area contributed by atoms with Gasteiger partial charge in [-0.25, -0.2) is 0 Å². The summed E-state index contributed by atoms with van der Waals surface area (Å²) < 4.78 is 11.2. The van der Waals surface area contributed by atoms with E-state index in [1.807, 2.05) is 78.9 Å². The van der Waals surface area contributed by atoms with Gasteiger partial charge >= 0.3 is 0 Å². The van der Waals surface area contributed by atoms with E-state index in [2.05, 4.69) is 36.2 Å². The van der Waals surface area contributed by atoms with Crippen LogP contribution in [0, 0.1) is 0 Å². The minimum Gasteiger partial charge on any atom is -0.377 e. The van der Waals surface area contributed by atoms with E-state index < -0.39 is 0 Å². The van der Waals surface area contributed by atoms with E-state index in [-0.39, 0.29) is 5.91 Å². The minimum absolute atomic E-state index is 0.111. The molecule has 4 rings (SSSR count). The molecule has 3 aromatic carbocycles. The minimum atomic E-state index is -0.111. The van der Waals surface area contributed by atoms with Crippen molar-refractivity contribution < 1.29 is 14.3 Å². The number of anilines is 4. The fourth-order valence-corrected chi connectivity index (χ4v) is 3.50. The van der Waals surface area contributed by atoms with Gasteiger partial charge in [0.2, 0.25) is 17.8 Å². The van der Waals surface area contributed by atoms with E-state index in [1.165, 1.54) is 0 Å². The molecule has 0 spiro atoms. The molecule has 0 saturated heterocycles. The van der Waals surface area contributed by atoms with Crippen molar-refractivity contribution in [1.82, 2.24) is 20.3 Å². The smallest absolute Gasteiger partial charge is 0.251 e. The number of aromatic nitrogens is 3. The van der Waals surface area contributed by atoms with Crippen LogP contribution in [-0.4, -0.2) is 60.4 Å². The maximum Gasteiger partial charge on any atom is 0.251 e. The van der Waals surface area contributed by atoms with Crippen molar-refractivity contribution in [1.29, 1.82) is 0 Å². The van der Waals surface area contributed by atoms with Crippen LogP contribution in [0.25, 0.3) is 0 Å². The topological polar surface area (TPSA) is 122 Å². The van der Waals surface area contributed by atoms with E-state index in [4.69, 9.17) is 9.47 Å². The second-order valence-corrected chi connectivity index (χ2v) is 8.41. The Morgan fingerprint density at radius 3 is 1.87 bits per heavy atom. The zero-order valence-corrected chi connectivity index (χ0v) is 21.7. The standard InChI is InChI=1S/C29H33N7O3/c37-26(24-12-6-2-7-13-24)30-16-18-38-20-21-39-19-17-31-27-34-28(32-22-23-10-4-1-5-11-23)36-29(35-27)33-25-14-8-3-9-15-25/h1-15H,16-22H2,(H,30,37)(H3,31,32,33,34,35,36). The quantitative estimate of drug-likeness (QED) is 0.160. The molecule has 0 aliphatic carbocycles. The average Bonchev–Trinajstić information content (AvgIpc) is 2.98. The zero-order valence-electron chi connectivity index (χ0n) is 21.7. The van der Waals surface area contributed by atoms with E-state index in [1.54, 1.807) is 12.1 Å². The number of amides is 1. The molecule has 4 N–H and O–H groups in total. The first-order chi connectivity index (χ1) is 19.3. The molecular weight excluding hydrogens is 494 g/mol. The van der Waals surface area contributed by atoms with Gasteiger partial charge in [0.15, 0.2) is 0 Å². The molecular formula is C29H33N7O3. The van der Waals surface area contributed by atoms with Gasteiger partial charge in [-0.1, -0.05) is 66.7 Å². The predicted molar refractivity (Wildman–Crippen MR) is 152 cm³/mol. The first-order valence-corrected chi connectivity index (χ1v) is 12.8. The largest absolute Gasteiger partial charge is 0.377 e. The number of para-hydroxylation sites is 1. The van der Waals surface area contributed by atoms with E-state index >= 15 is 0 Å². The Bertz CT molecular complexity index is 1260. The van der Waals surface area contributed by atoms with Crippen LogP contribution in [0.5, 0.6) is 0 Å². The Morgan fingerprint density at radius 1 is 0.615 bits per heavy atom. The lowest BCUT2D eigenvalue weighted by atomic mass is 10.2. The lowest BCUT2D eigenvalue weighted by Crippen LogP contribution is -2.27. The van der Waals surface area contributed by atoms with Crippen LogP contribution in [0.2, 0.25) is 0 Å². The normalized spacial score (nSPS) is 10.6. The summed E-state index contributed by atoms with van der Waals surface area (Å²) in [4.78, 5) is 25.5. The number of ether oxygens (including phenoxy) is 2. The van der Waals surface area contributed by atoms with Crippen LogP contribution in [0.4, 0.5) is 23.5 Å². The van der Waals surface area contributed by atoms with E-state index in [0.717, 1.165) is 11.3 Å². The first-order valence-electron chi connectivity index (χ1n) is 12.8. The van der Waals surface area contributed by atoms with Crippen molar-refractivity contribution in [2.24, 2.45) is 0 Å². The van der Waals surface area contributed by atoms with Crippen molar-refractivity contribution >= 4 is 29.4 Å². The summed E-state index contributed by atoms with van der Waals surface area (Å²) in [6.45, 7) is 3.29. The van der Waals surface area contributed by atoms with Gasteiger partial charge < -0.3 is 30.7 Å². The Kier molecular flexibility index (Phi) is 11.0. The van der Waals surface area contributed by atoms with Crippen molar-refractivity contribution in [2.75, 3.05) is 55.5 Å². The highest BCUT2D eigenvalue weighted by Crippen LogP contribution is 2.16. The monoisotopic (exact) mass is 527 g/mol. The molecule has 0 radical (unpaired) electrons. The van der Waals surface area contributed by atoms with Crippen molar-refractivity contribution in [3.05, 3.63) is 102 Å². The number of rotatable bonds is 16. The molecule has 0 bridgehead atoms. The van der Waals surface area contributed by atoms with Gasteiger partial charge in [-0.3, -0.25) is 4.79 Å². The molecule has 0 unspecified atom stereocenters. The Balaban J connectivity index is 1.16. The summed E-state index contributed by atoms with van der Waals surface area (Å²) in [5.41, 5.74) is 2.64. The Labute approximate surface area is 228 Å². The fourth-order valence-electron chi connectivity index (χ4n) is 3.50. The summed E-state index contributed by atoms with van der Waals surface area (Å²) in [5.74, 6) is 1.22. The lowest BCUT2D eigenvalue weighted by molar-refractivity contribution is 0.0519. The molecule has 10 heteroatoms. The molecule has 4 aromatic rings. The van der Waals surface area contributed by atoms with Gasteiger partial charge in [0.05, 0.1) is 26.4 Å². The second kappa shape index (κ2) is 15.7. The van der Waals surface area contributed by atoms with Crippen LogP contribution in [0.3, 0.4) is 0 Å². The van der Waals surface area contributed by atoms with Crippen LogP contribution >= 0.6 is 0 Å². The molecule has 0 aliphatic rings. The van der Waals surface area contributed by atoms with Crippen LogP contribution in [-0.2, 0) is 16.0 Å². The highest BCUT2D eigenvalue weighted by atomic mass is 16.5. The van der Waals surface area contributed by atoms with Gasteiger partial charge in [-0.05, 0) is 29.8 Å². The summed E-state index contributed by atoms with van der Waals surface area (Å²) in [7, 11) is 0. The number of nitrogens with zero attached hydrogens (tertiary/aromatic N) is 3. The molecule has 1 aromatic heterocycles. The van der Waals surface area contributed by atoms with Crippen molar-refractivity contribution in [2.45, 2.75) is 6.54 Å². The average molecular weight is 528 g/mol. The fraction of sp³-hybridized carbons (Fsp3) is 0.241. The highest BCUT2D eigenvalue weighted by molar-refractivity contribution is 5.94. The maximum absolute atomic E-state index is 12.0. The van der Waals surface area contributed by atoms with Crippen molar-refractivity contribution in [3.63, 3.8) is 0 Å².